The Bertz CT molecular complexity index is 1220. The number of sulfonamides is 1. The molecule has 0 saturated carbocycles. The van der Waals surface area contributed by atoms with E-state index in [0.717, 1.165) is 11.9 Å². The van der Waals surface area contributed by atoms with Gasteiger partial charge in [0.2, 0.25) is 5.91 Å². The Morgan fingerprint density at radius 1 is 1.23 bits per heavy atom. The molecule has 0 bridgehead atoms. The first kappa shape index (κ1) is 22.4. The number of nitrogens with one attached hydrogen (secondary N) is 2. The van der Waals surface area contributed by atoms with Crippen LogP contribution in [0, 0.1) is 6.92 Å². The molecule has 1 aliphatic rings. The molecule has 3 rings (SSSR count). The van der Waals surface area contributed by atoms with Crippen molar-refractivity contribution in [3.8, 4) is 0 Å². The van der Waals surface area contributed by atoms with Crippen molar-refractivity contribution >= 4 is 49.8 Å². The summed E-state index contributed by atoms with van der Waals surface area (Å²) in [5.74, 6) is -2.16. The number of Topliss-reactive ketones (excluding diaryl/α,β-unsaturated/α-hetero) is 1. The van der Waals surface area contributed by atoms with Gasteiger partial charge in [-0.2, -0.15) is 0 Å². The zero-order chi connectivity index (χ0) is 22.9. The number of carbonyl (C=O) groups is 3. The molecule has 1 aromatic heterocycles. The van der Waals surface area contributed by atoms with E-state index < -0.39 is 33.2 Å². The van der Waals surface area contributed by atoms with Gasteiger partial charge < -0.3 is 10.4 Å². The molecule has 2 amide bonds. The summed E-state index contributed by atoms with van der Waals surface area (Å²) in [6, 6.07) is 3.72. The summed E-state index contributed by atoms with van der Waals surface area (Å²) >= 11 is 1.19. The maximum Gasteiger partial charge on any atom is 0.278 e. The molecule has 3 N–H and O–H groups in total. The third-order valence-corrected chi connectivity index (χ3v) is 7.29. The molecule has 164 valence electrons. The summed E-state index contributed by atoms with van der Waals surface area (Å²) in [6.07, 6.45) is 1.42. The first-order valence-electron chi connectivity index (χ1n) is 9.10. The minimum absolute atomic E-state index is 0.0316. The highest BCUT2D eigenvalue weighted by Gasteiger charge is 2.38. The van der Waals surface area contributed by atoms with Crippen LogP contribution in [0.15, 0.2) is 35.0 Å². The zero-order valence-corrected chi connectivity index (χ0v) is 18.6. The maximum atomic E-state index is 12.9. The molecule has 12 heteroatoms. The summed E-state index contributed by atoms with van der Waals surface area (Å²) in [5, 5.41) is 15.9. The second-order valence-electron chi connectivity index (χ2n) is 6.71. The maximum absolute atomic E-state index is 12.9. The fourth-order valence-corrected chi connectivity index (χ4v) is 5.01. The van der Waals surface area contributed by atoms with Gasteiger partial charge in [0, 0.05) is 49.1 Å². The van der Waals surface area contributed by atoms with E-state index in [9.17, 15) is 27.9 Å². The average Bonchev–Trinajstić information content (AvgIpc) is 3.14. The van der Waals surface area contributed by atoms with Gasteiger partial charge in [0.1, 0.15) is 0 Å². The summed E-state index contributed by atoms with van der Waals surface area (Å²) in [5.41, 5.74) is -0.538. The number of aryl methyl sites for hydroxylation is 1. The molecule has 2 heterocycles. The van der Waals surface area contributed by atoms with Gasteiger partial charge in [-0.1, -0.05) is 6.07 Å². The van der Waals surface area contributed by atoms with Crippen molar-refractivity contribution in [2.75, 3.05) is 19.4 Å². The monoisotopic (exact) mass is 464 g/mol. The molecule has 1 aliphatic heterocycles. The lowest BCUT2D eigenvalue weighted by molar-refractivity contribution is -0.120. The lowest BCUT2D eigenvalue weighted by Crippen LogP contribution is -2.37. The fraction of sp³-hybridized carbons (Fsp3) is 0.263. The molecule has 0 unspecified atom stereocenters. The third-order valence-electron chi connectivity index (χ3n) is 4.65. The number of rotatable bonds is 6. The van der Waals surface area contributed by atoms with Crippen LogP contribution in [0.3, 0.4) is 0 Å². The number of aliphatic hydroxyl groups is 1. The smallest absolute Gasteiger partial charge is 0.278 e. The molecule has 0 saturated heterocycles. The topological polar surface area (TPSA) is 146 Å². The number of hydrogen-bond acceptors (Lipinski definition) is 8. The lowest BCUT2D eigenvalue weighted by Gasteiger charge is -2.28. The largest absolute Gasteiger partial charge is 0.505 e. The Morgan fingerprint density at radius 3 is 2.55 bits per heavy atom. The molecule has 0 aliphatic carbocycles. The molecule has 0 fully saturated rings. The van der Waals surface area contributed by atoms with Crippen molar-refractivity contribution in [2.24, 2.45) is 0 Å². The summed E-state index contributed by atoms with van der Waals surface area (Å²) in [7, 11) is -1.54. The molecule has 2 aromatic rings. The first-order valence-corrected chi connectivity index (χ1v) is 11.4. The van der Waals surface area contributed by atoms with Crippen LogP contribution < -0.4 is 10.6 Å². The van der Waals surface area contributed by atoms with Crippen molar-refractivity contribution in [1.82, 2.24) is 14.6 Å². The predicted molar refractivity (Wildman–Crippen MR) is 114 cm³/mol. The highest BCUT2D eigenvalue weighted by atomic mass is 32.2. The number of benzene rings is 1. The van der Waals surface area contributed by atoms with E-state index in [-0.39, 0.29) is 39.9 Å². The molecule has 1 aromatic carbocycles. The first-order chi connectivity index (χ1) is 14.6. The van der Waals surface area contributed by atoms with Crippen molar-refractivity contribution in [3.63, 3.8) is 0 Å². The Morgan fingerprint density at radius 2 is 1.94 bits per heavy atom. The van der Waals surface area contributed by atoms with E-state index in [1.165, 1.54) is 36.6 Å². The van der Waals surface area contributed by atoms with Crippen molar-refractivity contribution in [1.29, 1.82) is 0 Å². The van der Waals surface area contributed by atoms with Crippen LogP contribution in [-0.2, 0) is 19.6 Å². The number of aromatic nitrogens is 1. The van der Waals surface area contributed by atoms with Crippen LogP contribution in [-0.4, -0.2) is 54.5 Å². The quantitative estimate of drug-likeness (QED) is 0.551. The molecule has 0 spiro atoms. The van der Waals surface area contributed by atoms with Crippen LogP contribution in [0.2, 0.25) is 0 Å². The highest BCUT2D eigenvalue weighted by molar-refractivity contribution is 7.89. The van der Waals surface area contributed by atoms with E-state index in [1.54, 1.807) is 13.1 Å². The lowest BCUT2D eigenvalue weighted by atomic mass is 10.0. The Hall–Kier alpha value is -3.25. The number of fused-ring (bicyclic) bond motifs is 1. The average molecular weight is 465 g/mol. The summed E-state index contributed by atoms with van der Waals surface area (Å²) < 4.78 is 26.5. The normalized spacial score (nSPS) is 14.7. The van der Waals surface area contributed by atoms with Gasteiger partial charge in [0.25, 0.3) is 15.9 Å². The predicted octanol–water partition coefficient (Wildman–Crippen LogP) is 1.66. The fourth-order valence-electron chi connectivity index (χ4n) is 2.97. The number of nitrogens with zero attached hydrogens (tertiary/aromatic N) is 2. The number of thiazole rings is 1. The Labute approximate surface area is 182 Å². The molecule has 10 nitrogen and oxygen atoms in total. The summed E-state index contributed by atoms with van der Waals surface area (Å²) in [4.78, 5) is 41.1. The molecule has 0 atom stereocenters. The van der Waals surface area contributed by atoms with E-state index in [2.05, 4.69) is 15.6 Å². The number of hydrogen-bond donors (Lipinski definition) is 3. The third kappa shape index (κ3) is 4.30. The van der Waals surface area contributed by atoms with Gasteiger partial charge in [0.15, 0.2) is 22.4 Å². The summed E-state index contributed by atoms with van der Waals surface area (Å²) in [6.45, 7) is 1.79. The number of amides is 2. The molecule has 31 heavy (non-hydrogen) atoms. The van der Waals surface area contributed by atoms with Crippen molar-refractivity contribution in [3.05, 3.63) is 46.1 Å². The van der Waals surface area contributed by atoms with Gasteiger partial charge in [0.05, 0.1) is 4.90 Å². The van der Waals surface area contributed by atoms with Crippen molar-refractivity contribution in [2.45, 2.75) is 24.7 Å². The van der Waals surface area contributed by atoms with E-state index >= 15 is 0 Å². The highest BCUT2D eigenvalue weighted by Crippen LogP contribution is 2.36. The SMILES string of the molecule is CNC(=O)CCC(=O)c1ccc2c(c1)C(O)=C(C(=O)Nc1ncc(C)s1)N(C)S2(=O)=O. The van der Waals surface area contributed by atoms with Crippen molar-refractivity contribution < 1.29 is 27.9 Å². The minimum Gasteiger partial charge on any atom is -0.505 e. The number of anilines is 1. The Kier molecular flexibility index (Phi) is 6.13. The van der Waals surface area contributed by atoms with E-state index in [0.29, 0.717) is 4.31 Å². The number of likely N-dealkylation sites (N-methyl/N-ethyl adjacent to an activating group) is 1. The number of aliphatic hydroxyl groups excluding tert-OH is 1. The van der Waals surface area contributed by atoms with E-state index in [4.69, 9.17) is 0 Å². The van der Waals surface area contributed by atoms with Crippen LogP contribution in [0.1, 0.15) is 33.6 Å². The molecule has 0 radical (unpaired) electrons. The second kappa shape index (κ2) is 8.47. The molecular formula is C19H20N4O6S2. The minimum atomic E-state index is -4.14. The number of carbonyl (C=O) groups excluding carboxylic acids is 3. The Balaban J connectivity index is 2.01. The zero-order valence-electron chi connectivity index (χ0n) is 16.9. The van der Waals surface area contributed by atoms with E-state index in [1.807, 2.05) is 0 Å². The molecular weight excluding hydrogens is 444 g/mol. The van der Waals surface area contributed by atoms with Crippen LogP contribution in [0.4, 0.5) is 5.13 Å². The second-order valence-corrected chi connectivity index (χ2v) is 9.88. The van der Waals surface area contributed by atoms with Gasteiger partial charge in [-0.15, -0.1) is 11.3 Å². The van der Waals surface area contributed by atoms with Gasteiger partial charge in [-0.25, -0.2) is 13.4 Å². The van der Waals surface area contributed by atoms with Gasteiger partial charge in [-0.3, -0.25) is 24.0 Å². The van der Waals surface area contributed by atoms with Crippen LogP contribution in [0.5, 0.6) is 0 Å². The standard InChI is InChI=1S/C19H20N4O6S2/c1-10-9-21-19(30-10)22-18(27)16-17(26)12-8-11(13(24)5-7-15(25)20-2)4-6-14(12)31(28,29)23(16)3/h4,6,8-9,26H,5,7H2,1-3H3,(H,20,25)(H,21,22,27). The van der Waals surface area contributed by atoms with Crippen LogP contribution in [0.25, 0.3) is 5.76 Å². The van der Waals surface area contributed by atoms with Crippen LogP contribution >= 0.6 is 11.3 Å². The number of ketones is 1. The van der Waals surface area contributed by atoms with Gasteiger partial charge >= 0.3 is 0 Å². The van der Waals surface area contributed by atoms with Gasteiger partial charge in [-0.05, 0) is 19.1 Å².